The number of fused-ring (bicyclic) bond motifs is 3. The van der Waals surface area contributed by atoms with Gasteiger partial charge in [-0.05, 0) is 55.0 Å². The summed E-state index contributed by atoms with van der Waals surface area (Å²) in [5.74, 6) is 2.74. The van der Waals surface area contributed by atoms with Gasteiger partial charge in [0.1, 0.15) is 0 Å². The van der Waals surface area contributed by atoms with E-state index < -0.39 is 0 Å². The number of hydrogen-bond donors (Lipinski definition) is 1. The van der Waals surface area contributed by atoms with Gasteiger partial charge in [0.2, 0.25) is 6.79 Å². The molecule has 1 saturated carbocycles. The van der Waals surface area contributed by atoms with Gasteiger partial charge in [0.05, 0.1) is 6.10 Å². The van der Waals surface area contributed by atoms with Crippen LogP contribution in [0.2, 0.25) is 0 Å². The maximum Gasteiger partial charge on any atom is 0.231 e. The lowest BCUT2D eigenvalue weighted by Gasteiger charge is -2.46. The van der Waals surface area contributed by atoms with Crippen LogP contribution in [0.25, 0.3) is 0 Å². The van der Waals surface area contributed by atoms with Crippen molar-refractivity contribution in [1.82, 2.24) is 4.90 Å². The van der Waals surface area contributed by atoms with E-state index in [9.17, 15) is 5.11 Å². The van der Waals surface area contributed by atoms with E-state index in [1.54, 1.807) is 0 Å². The molecule has 1 saturated heterocycles. The summed E-state index contributed by atoms with van der Waals surface area (Å²) < 4.78 is 11.0. The number of hydrogen-bond acceptors (Lipinski definition) is 4. The SMILES string of the molecule is OC1CCC2CCN3Cc4cc5c(cc4C1C23)OCO5. The van der Waals surface area contributed by atoms with Crippen LogP contribution in [0, 0.1) is 5.92 Å². The van der Waals surface area contributed by atoms with Crippen molar-refractivity contribution in [2.24, 2.45) is 5.92 Å². The van der Waals surface area contributed by atoms with Crippen molar-refractivity contribution in [2.45, 2.75) is 43.9 Å². The zero-order chi connectivity index (χ0) is 13.3. The number of ether oxygens (including phenoxy) is 2. The highest BCUT2D eigenvalue weighted by molar-refractivity contribution is 5.51. The van der Waals surface area contributed by atoms with Crippen LogP contribution in [0.3, 0.4) is 0 Å². The molecule has 5 rings (SSSR count). The minimum absolute atomic E-state index is 0.212. The first-order valence-electron chi connectivity index (χ1n) is 7.66. The van der Waals surface area contributed by atoms with Gasteiger partial charge in [-0.25, -0.2) is 0 Å². The van der Waals surface area contributed by atoms with E-state index in [1.165, 1.54) is 30.5 Å². The third-order valence-electron chi connectivity index (χ3n) is 5.67. The molecule has 4 atom stereocenters. The van der Waals surface area contributed by atoms with Gasteiger partial charge in [0, 0.05) is 18.5 Å². The van der Waals surface area contributed by atoms with Crippen molar-refractivity contribution in [2.75, 3.05) is 13.3 Å². The Morgan fingerprint density at radius 3 is 2.85 bits per heavy atom. The molecule has 0 amide bonds. The summed E-state index contributed by atoms with van der Waals surface area (Å²) in [5, 5.41) is 10.6. The topological polar surface area (TPSA) is 41.9 Å². The maximum absolute atomic E-state index is 10.6. The van der Waals surface area contributed by atoms with Crippen LogP contribution in [-0.2, 0) is 6.54 Å². The molecule has 0 spiro atoms. The van der Waals surface area contributed by atoms with Crippen molar-refractivity contribution in [3.63, 3.8) is 0 Å². The van der Waals surface area contributed by atoms with E-state index in [-0.39, 0.29) is 12.0 Å². The highest BCUT2D eigenvalue weighted by atomic mass is 16.7. The lowest BCUT2D eigenvalue weighted by atomic mass is 9.70. The number of benzene rings is 1. The van der Waals surface area contributed by atoms with Crippen molar-refractivity contribution >= 4 is 0 Å². The third kappa shape index (κ3) is 1.38. The Labute approximate surface area is 118 Å². The van der Waals surface area contributed by atoms with Crippen LogP contribution in [0.15, 0.2) is 12.1 Å². The van der Waals surface area contributed by atoms with Crippen molar-refractivity contribution < 1.29 is 14.6 Å². The molecule has 4 unspecified atom stereocenters. The summed E-state index contributed by atoms with van der Waals surface area (Å²) in [4.78, 5) is 2.57. The molecule has 4 heteroatoms. The van der Waals surface area contributed by atoms with E-state index >= 15 is 0 Å². The van der Waals surface area contributed by atoms with Gasteiger partial charge in [-0.2, -0.15) is 0 Å². The summed E-state index contributed by atoms with van der Waals surface area (Å²) >= 11 is 0. The average molecular weight is 273 g/mol. The largest absolute Gasteiger partial charge is 0.454 e. The van der Waals surface area contributed by atoms with Gasteiger partial charge in [0.15, 0.2) is 11.5 Å². The maximum atomic E-state index is 10.6. The molecule has 1 aromatic carbocycles. The Bertz CT molecular complexity index is 573. The molecule has 4 nitrogen and oxygen atoms in total. The van der Waals surface area contributed by atoms with Crippen LogP contribution >= 0.6 is 0 Å². The van der Waals surface area contributed by atoms with Crippen molar-refractivity contribution in [3.8, 4) is 11.5 Å². The fraction of sp³-hybridized carbons (Fsp3) is 0.625. The summed E-state index contributed by atoms with van der Waals surface area (Å²) in [6.45, 7) is 2.49. The molecule has 2 fully saturated rings. The lowest BCUT2D eigenvalue weighted by Crippen LogP contribution is -2.48. The normalized spacial score (nSPS) is 37.6. The zero-order valence-corrected chi connectivity index (χ0v) is 11.4. The second kappa shape index (κ2) is 3.89. The average Bonchev–Trinajstić information content (AvgIpc) is 3.06. The van der Waals surface area contributed by atoms with E-state index in [1.807, 2.05) is 0 Å². The molecule has 106 valence electrons. The smallest absolute Gasteiger partial charge is 0.231 e. The molecule has 0 radical (unpaired) electrons. The van der Waals surface area contributed by atoms with Gasteiger partial charge in [-0.3, -0.25) is 4.90 Å². The first-order chi connectivity index (χ1) is 9.81. The molecule has 20 heavy (non-hydrogen) atoms. The lowest BCUT2D eigenvalue weighted by molar-refractivity contribution is 0.0259. The van der Waals surface area contributed by atoms with E-state index in [2.05, 4.69) is 17.0 Å². The fourth-order valence-corrected chi connectivity index (χ4v) is 4.82. The number of nitrogens with zero attached hydrogens (tertiary/aromatic N) is 1. The molecule has 4 aliphatic rings. The molecular weight excluding hydrogens is 254 g/mol. The van der Waals surface area contributed by atoms with E-state index in [4.69, 9.17) is 9.47 Å². The summed E-state index contributed by atoms with van der Waals surface area (Å²) in [7, 11) is 0. The molecule has 1 N–H and O–H groups in total. The number of aliphatic hydroxyl groups excluding tert-OH is 1. The van der Waals surface area contributed by atoms with Gasteiger partial charge in [-0.15, -0.1) is 0 Å². The van der Waals surface area contributed by atoms with Crippen LogP contribution in [0.4, 0.5) is 0 Å². The number of aliphatic hydroxyl groups is 1. The Hall–Kier alpha value is -1.26. The van der Waals surface area contributed by atoms with Gasteiger partial charge in [0.25, 0.3) is 0 Å². The molecule has 0 bridgehead atoms. The first-order valence-corrected chi connectivity index (χ1v) is 7.66. The molecule has 3 heterocycles. The summed E-state index contributed by atoms with van der Waals surface area (Å²) in [5.41, 5.74) is 2.62. The molecule has 0 aromatic heterocycles. The Kier molecular flexibility index (Phi) is 2.22. The Morgan fingerprint density at radius 2 is 1.95 bits per heavy atom. The predicted octanol–water partition coefficient (Wildman–Crippen LogP) is 1.86. The third-order valence-corrected chi connectivity index (χ3v) is 5.67. The Balaban J connectivity index is 1.67. The van der Waals surface area contributed by atoms with Crippen LogP contribution in [0.5, 0.6) is 11.5 Å². The fourth-order valence-electron chi connectivity index (χ4n) is 4.82. The van der Waals surface area contributed by atoms with E-state index in [0.717, 1.165) is 30.4 Å². The predicted molar refractivity (Wildman–Crippen MR) is 72.9 cm³/mol. The van der Waals surface area contributed by atoms with Crippen LogP contribution < -0.4 is 9.47 Å². The summed E-state index contributed by atoms with van der Waals surface area (Å²) in [6.07, 6.45) is 3.19. The molecule has 1 aliphatic carbocycles. The Morgan fingerprint density at radius 1 is 1.10 bits per heavy atom. The monoisotopic (exact) mass is 273 g/mol. The number of rotatable bonds is 0. The second-order valence-electron chi connectivity index (χ2n) is 6.58. The highest BCUT2D eigenvalue weighted by Crippen LogP contribution is 2.51. The van der Waals surface area contributed by atoms with Crippen LogP contribution in [0.1, 0.15) is 36.3 Å². The summed E-state index contributed by atoms with van der Waals surface area (Å²) in [6, 6.07) is 4.79. The van der Waals surface area contributed by atoms with Crippen LogP contribution in [-0.4, -0.2) is 35.5 Å². The van der Waals surface area contributed by atoms with E-state index in [0.29, 0.717) is 12.8 Å². The van der Waals surface area contributed by atoms with Gasteiger partial charge >= 0.3 is 0 Å². The van der Waals surface area contributed by atoms with Crippen molar-refractivity contribution in [1.29, 1.82) is 0 Å². The molecule has 1 aromatic rings. The van der Waals surface area contributed by atoms with Gasteiger partial charge in [-0.1, -0.05) is 0 Å². The van der Waals surface area contributed by atoms with Crippen molar-refractivity contribution in [3.05, 3.63) is 23.3 Å². The second-order valence-corrected chi connectivity index (χ2v) is 6.58. The standard InChI is InChI=1S/C16H19NO3/c18-12-2-1-9-3-4-17-7-10-5-13-14(20-8-19-13)6-11(10)15(12)16(9)17/h5-6,9,12,15-16,18H,1-4,7-8H2. The van der Waals surface area contributed by atoms with Gasteiger partial charge < -0.3 is 14.6 Å². The molecular formula is C16H19NO3. The minimum Gasteiger partial charge on any atom is -0.454 e. The highest BCUT2D eigenvalue weighted by Gasteiger charge is 2.49. The first kappa shape index (κ1) is 11.4. The minimum atomic E-state index is -0.212. The quantitative estimate of drug-likeness (QED) is 0.783. The zero-order valence-electron chi connectivity index (χ0n) is 11.4. The molecule has 3 aliphatic heterocycles.